The van der Waals surface area contributed by atoms with E-state index in [4.69, 9.17) is 4.42 Å². The number of rotatable bonds is 2. The van der Waals surface area contributed by atoms with Gasteiger partial charge in [-0.25, -0.2) is 0 Å². The Morgan fingerprint density at radius 2 is 2.20 bits per heavy atom. The molecule has 78 valence electrons. The minimum atomic E-state index is -0.790. The number of furan rings is 1. The number of hydrogen-bond donors (Lipinski definition) is 1. The number of aromatic nitrogens is 1. The highest BCUT2D eigenvalue weighted by molar-refractivity contribution is 9.13. The van der Waals surface area contributed by atoms with Gasteiger partial charge in [0.25, 0.3) is 0 Å². The van der Waals surface area contributed by atoms with Gasteiger partial charge in [-0.05, 0) is 44.0 Å². The van der Waals surface area contributed by atoms with Crippen LogP contribution < -0.4 is 0 Å². The van der Waals surface area contributed by atoms with Crippen LogP contribution in [0.5, 0.6) is 0 Å². The molecule has 1 unspecified atom stereocenters. The molecule has 0 saturated heterocycles. The van der Waals surface area contributed by atoms with Crippen molar-refractivity contribution in [2.75, 3.05) is 0 Å². The number of nitrogens with zero attached hydrogens (tertiary/aromatic N) is 1. The lowest BCUT2D eigenvalue weighted by Gasteiger charge is -2.06. The molecule has 1 N–H and O–H groups in total. The predicted molar refractivity (Wildman–Crippen MR) is 62.4 cm³/mol. The summed E-state index contributed by atoms with van der Waals surface area (Å²) in [7, 11) is 0. The highest BCUT2D eigenvalue weighted by Gasteiger charge is 2.16. The van der Waals surface area contributed by atoms with Crippen molar-refractivity contribution in [2.45, 2.75) is 6.10 Å². The molecule has 3 nitrogen and oxygen atoms in total. The molecule has 2 rings (SSSR count). The van der Waals surface area contributed by atoms with Crippen molar-refractivity contribution < 1.29 is 9.52 Å². The zero-order chi connectivity index (χ0) is 10.8. The third-order valence-corrected chi connectivity index (χ3v) is 3.64. The molecular formula is C10H7Br2NO2. The maximum Gasteiger partial charge on any atom is 0.183 e. The van der Waals surface area contributed by atoms with E-state index in [1.54, 1.807) is 30.6 Å². The molecule has 1 atom stereocenters. The van der Waals surface area contributed by atoms with Gasteiger partial charge in [0.15, 0.2) is 4.67 Å². The lowest BCUT2D eigenvalue weighted by molar-refractivity contribution is 0.187. The first kappa shape index (κ1) is 10.9. The van der Waals surface area contributed by atoms with E-state index in [2.05, 4.69) is 36.8 Å². The van der Waals surface area contributed by atoms with Crippen LogP contribution in [0, 0.1) is 0 Å². The van der Waals surface area contributed by atoms with Gasteiger partial charge in [-0.1, -0.05) is 6.07 Å². The van der Waals surface area contributed by atoms with Crippen LogP contribution in [0.25, 0.3) is 0 Å². The topological polar surface area (TPSA) is 46.3 Å². The summed E-state index contributed by atoms with van der Waals surface area (Å²) >= 11 is 6.51. The fraction of sp³-hybridized carbons (Fsp3) is 0.100. The minimum absolute atomic E-state index is 0.474. The molecular weight excluding hydrogens is 326 g/mol. The van der Waals surface area contributed by atoms with Crippen molar-refractivity contribution in [3.8, 4) is 0 Å². The van der Waals surface area contributed by atoms with Crippen molar-refractivity contribution in [1.29, 1.82) is 0 Å². The molecule has 0 saturated carbocycles. The molecule has 2 heterocycles. The van der Waals surface area contributed by atoms with E-state index < -0.39 is 6.10 Å². The van der Waals surface area contributed by atoms with E-state index >= 15 is 0 Å². The molecule has 0 radical (unpaired) electrons. The standard InChI is InChI=1S/C10H7Br2NO2/c11-7-4-8(15-10(7)12)9(14)6-2-1-3-13-5-6/h1-5,9,14H. The molecule has 0 aliphatic rings. The van der Waals surface area contributed by atoms with Gasteiger partial charge in [-0.15, -0.1) is 0 Å². The molecule has 0 aliphatic carbocycles. The van der Waals surface area contributed by atoms with E-state index in [-0.39, 0.29) is 0 Å². The van der Waals surface area contributed by atoms with E-state index in [0.29, 0.717) is 16.0 Å². The second kappa shape index (κ2) is 4.47. The normalized spacial score (nSPS) is 12.7. The average molecular weight is 333 g/mol. The Morgan fingerprint density at radius 3 is 2.73 bits per heavy atom. The summed E-state index contributed by atoms with van der Waals surface area (Å²) in [6, 6.07) is 5.29. The minimum Gasteiger partial charge on any atom is -0.450 e. The van der Waals surface area contributed by atoms with Crippen molar-refractivity contribution >= 4 is 31.9 Å². The molecule has 0 bridgehead atoms. The Balaban J connectivity index is 2.32. The van der Waals surface area contributed by atoms with E-state index in [1.807, 2.05) is 0 Å². The monoisotopic (exact) mass is 331 g/mol. The van der Waals surface area contributed by atoms with Crippen LogP contribution in [-0.4, -0.2) is 10.1 Å². The van der Waals surface area contributed by atoms with Crippen molar-refractivity contribution in [3.05, 3.63) is 51.1 Å². The predicted octanol–water partition coefficient (Wildman–Crippen LogP) is 3.28. The number of aliphatic hydroxyl groups is 1. The summed E-state index contributed by atoms with van der Waals surface area (Å²) in [6.45, 7) is 0. The van der Waals surface area contributed by atoms with Crippen molar-refractivity contribution in [2.24, 2.45) is 0 Å². The number of hydrogen-bond acceptors (Lipinski definition) is 3. The van der Waals surface area contributed by atoms with Crippen molar-refractivity contribution in [1.82, 2.24) is 4.98 Å². The molecule has 0 spiro atoms. The fourth-order valence-corrected chi connectivity index (χ4v) is 1.81. The van der Waals surface area contributed by atoms with Gasteiger partial charge < -0.3 is 9.52 Å². The van der Waals surface area contributed by atoms with Gasteiger partial charge in [0.05, 0.1) is 4.47 Å². The second-order valence-electron chi connectivity index (χ2n) is 2.96. The maximum atomic E-state index is 9.95. The highest BCUT2D eigenvalue weighted by Crippen LogP contribution is 2.32. The average Bonchev–Trinajstić information content (AvgIpc) is 2.59. The zero-order valence-corrected chi connectivity index (χ0v) is 10.7. The van der Waals surface area contributed by atoms with Gasteiger partial charge in [0.2, 0.25) is 0 Å². The first-order valence-corrected chi connectivity index (χ1v) is 5.80. The van der Waals surface area contributed by atoms with E-state index in [9.17, 15) is 5.11 Å². The van der Waals surface area contributed by atoms with Gasteiger partial charge in [-0.2, -0.15) is 0 Å². The largest absolute Gasteiger partial charge is 0.450 e. The maximum absolute atomic E-state index is 9.95. The summed E-state index contributed by atoms with van der Waals surface area (Å²) in [5, 5.41) is 9.95. The SMILES string of the molecule is OC(c1cccnc1)c1cc(Br)c(Br)o1. The first-order valence-electron chi connectivity index (χ1n) is 4.21. The van der Waals surface area contributed by atoms with E-state index in [0.717, 1.165) is 4.47 Å². The van der Waals surface area contributed by atoms with Gasteiger partial charge in [0.1, 0.15) is 11.9 Å². The smallest absolute Gasteiger partial charge is 0.183 e. The van der Waals surface area contributed by atoms with Crippen LogP contribution >= 0.6 is 31.9 Å². The zero-order valence-electron chi connectivity index (χ0n) is 7.52. The number of pyridine rings is 1. The van der Waals surface area contributed by atoms with Crippen LogP contribution in [0.2, 0.25) is 0 Å². The van der Waals surface area contributed by atoms with Gasteiger partial charge in [0, 0.05) is 18.0 Å². The summed E-state index contributed by atoms with van der Waals surface area (Å²) in [4.78, 5) is 3.94. The Morgan fingerprint density at radius 1 is 1.40 bits per heavy atom. The molecule has 2 aromatic heterocycles. The van der Waals surface area contributed by atoms with Crippen LogP contribution in [-0.2, 0) is 0 Å². The van der Waals surface area contributed by atoms with Crippen LogP contribution in [0.1, 0.15) is 17.4 Å². The van der Waals surface area contributed by atoms with Crippen molar-refractivity contribution in [3.63, 3.8) is 0 Å². The summed E-state index contributed by atoms with van der Waals surface area (Å²) in [5.41, 5.74) is 0.700. The fourth-order valence-electron chi connectivity index (χ4n) is 1.20. The molecule has 0 aliphatic heterocycles. The number of aliphatic hydroxyl groups excluding tert-OH is 1. The molecule has 0 fully saturated rings. The summed E-state index contributed by atoms with van der Waals surface area (Å²) in [6.07, 6.45) is 2.47. The molecule has 5 heteroatoms. The first-order chi connectivity index (χ1) is 7.18. The Kier molecular flexibility index (Phi) is 3.23. The Hall–Kier alpha value is -0.650. The third-order valence-electron chi connectivity index (χ3n) is 1.93. The summed E-state index contributed by atoms with van der Waals surface area (Å²) < 4.78 is 6.67. The summed E-state index contributed by atoms with van der Waals surface area (Å²) in [5.74, 6) is 0.474. The molecule has 0 aromatic carbocycles. The van der Waals surface area contributed by atoms with Crippen LogP contribution in [0.15, 0.2) is 44.2 Å². The lowest BCUT2D eigenvalue weighted by atomic mass is 10.1. The Labute approximate surface area is 103 Å². The highest BCUT2D eigenvalue weighted by atomic mass is 79.9. The van der Waals surface area contributed by atoms with Gasteiger partial charge in [-0.3, -0.25) is 4.98 Å². The molecule has 0 amide bonds. The van der Waals surface area contributed by atoms with Gasteiger partial charge >= 0.3 is 0 Å². The second-order valence-corrected chi connectivity index (χ2v) is 4.53. The third kappa shape index (κ3) is 2.30. The lowest BCUT2D eigenvalue weighted by Crippen LogP contribution is -1.97. The Bertz CT molecular complexity index is 436. The van der Waals surface area contributed by atoms with E-state index in [1.165, 1.54) is 0 Å². The molecule has 15 heavy (non-hydrogen) atoms. The van der Waals surface area contributed by atoms with Crippen LogP contribution in [0.4, 0.5) is 0 Å². The van der Waals surface area contributed by atoms with Crippen LogP contribution in [0.3, 0.4) is 0 Å². The quantitative estimate of drug-likeness (QED) is 0.918. The number of halogens is 2. The molecule has 2 aromatic rings.